The largest absolute Gasteiger partial charge is 0.545 e. The summed E-state index contributed by atoms with van der Waals surface area (Å²) in [7, 11) is 0.390. The lowest BCUT2D eigenvalue weighted by molar-refractivity contribution is -0.168. The van der Waals surface area contributed by atoms with Gasteiger partial charge in [-0.15, -0.1) is 0 Å². The van der Waals surface area contributed by atoms with Crippen molar-refractivity contribution in [3.8, 4) is 0 Å². The number of methoxy groups -OCH3 is 2. The minimum atomic E-state index is -2.28. The van der Waals surface area contributed by atoms with Gasteiger partial charge in [-0.2, -0.15) is 0 Å². The van der Waals surface area contributed by atoms with Crippen molar-refractivity contribution in [3.05, 3.63) is 58.9 Å². The number of hydrogen-bond acceptors (Lipinski definition) is 5. The molecular formula is C29H42O5Si. The molecule has 0 saturated heterocycles. The van der Waals surface area contributed by atoms with Gasteiger partial charge in [-0.1, -0.05) is 83.5 Å². The Morgan fingerprint density at radius 3 is 1.89 bits per heavy atom. The molecule has 1 saturated carbocycles. The van der Waals surface area contributed by atoms with Crippen LogP contribution in [0.4, 0.5) is 0 Å². The molecule has 1 aromatic carbocycles. The van der Waals surface area contributed by atoms with E-state index in [-0.39, 0.29) is 11.8 Å². The molecular weight excluding hydrogens is 456 g/mol. The smallest absolute Gasteiger partial charge is 0.323 e. The molecule has 1 aromatic rings. The van der Waals surface area contributed by atoms with Crippen molar-refractivity contribution in [1.29, 1.82) is 0 Å². The Bertz CT molecular complexity index is 967. The Morgan fingerprint density at radius 2 is 1.43 bits per heavy atom. The summed E-state index contributed by atoms with van der Waals surface area (Å²) in [6.07, 6.45) is 2.84. The van der Waals surface area contributed by atoms with Gasteiger partial charge in [-0.3, -0.25) is 9.59 Å². The summed E-state index contributed by atoms with van der Waals surface area (Å²) < 4.78 is 17.6. The van der Waals surface area contributed by atoms with Crippen LogP contribution in [-0.4, -0.2) is 34.5 Å². The lowest BCUT2D eigenvalue weighted by Gasteiger charge is -2.45. The van der Waals surface area contributed by atoms with Crippen LogP contribution >= 0.6 is 0 Å². The van der Waals surface area contributed by atoms with Gasteiger partial charge in [-0.25, -0.2) is 0 Å². The van der Waals surface area contributed by atoms with Crippen LogP contribution in [-0.2, 0) is 23.5 Å². The first-order valence-corrected chi connectivity index (χ1v) is 14.9. The Balaban J connectivity index is 2.22. The Hall–Kier alpha value is -2.34. The zero-order chi connectivity index (χ0) is 26.1. The highest BCUT2D eigenvalue weighted by Gasteiger charge is 2.59. The van der Waals surface area contributed by atoms with Gasteiger partial charge in [-0.05, 0) is 47.5 Å². The van der Waals surface area contributed by atoms with E-state index in [1.807, 2.05) is 18.2 Å². The zero-order valence-electron chi connectivity index (χ0n) is 22.8. The molecule has 0 aromatic heterocycles. The third-order valence-corrected chi connectivity index (χ3v) is 14.4. The number of fused-ring (bicyclic) bond motifs is 1. The van der Waals surface area contributed by atoms with Crippen LogP contribution < -0.4 is 0 Å². The topological polar surface area (TPSA) is 61.8 Å². The number of carbonyl (C=O) groups is 2. The van der Waals surface area contributed by atoms with E-state index in [1.54, 1.807) is 0 Å². The molecule has 3 rings (SSSR count). The van der Waals surface area contributed by atoms with E-state index < -0.39 is 25.7 Å². The van der Waals surface area contributed by atoms with Crippen LogP contribution in [0.5, 0.6) is 0 Å². The average molecular weight is 499 g/mol. The van der Waals surface area contributed by atoms with Crippen molar-refractivity contribution >= 4 is 20.3 Å². The summed E-state index contributed by atoms with van der Waals surface area (Å²) in [6.45, 7) is 15.8. The third kappa shape index (κ3) is 4.50. The van der Waals surface area contributed by atoms with Gasteiger partial charge in [0.05, 0.1) is 20.0 Å². The zero-order valence-corrected chi connectivity index (χ0v) is 23.8. The predicted molar refractivity (Wildman–Crippen MR) is 141 cm³/mol. The third-order valence-electron chi connectivity index (χ3n) is 8.36. The molecule has 0 bridgehead atoms. The van der Waals surface area contributed by atoms with E-state index in [4.69, 9.17) is 13.9 Å². The van der Waals surface area contributed by atoms with Crippen LogP contribution in [0.1, 0.15) is 72.8 Å². The fraction of sp³-hybridized carbons (Fsp3) is 0.586. The standard InChI is InChI=1S/C29H42O5Si/c1-18(2)35(19(3)4,20(5)6)34-26-21(7)24(22-13-11-10-12-14-22)15-23-16-29(17-25(23)26,27(30)32-8)28(31)33-9/h10-15,18-20,24-25H,16-17H2,1-9H3/t24-,25-/m1/s1. The van der Waals surface area contributed by atoms with Crippen LogP contribution in [0, 0.1) is 11.3 Å². The first kappa shape index (κ1) is 27.2. The highest BCUT2D eigenvalue weighted by molar-refractivity contribution is 6.77. The van der Waals surface area contributed by atoms with Gasteiger partial charge in [0.25, 0.3) is 8.32 Å². The van der Waals surface area contributed by atoms with E-state index >= 15 is 0 Å². The van der Waals surface area contributed by atoms with Crippen LogP contribution in [0.25, 0.3) is 0 Å². The number of esters is 2. The minimum Gasteiger partial charge on any atom is -0.545 e. The molecule has 0 spiro atoms. The highest BCUT2D eigenvalue weighted by atomic mass is 28.4. The van der Waals surface area contributed by atoms with Gasteiger partial charge in [0.2, 0.25) is 0 Å². The van der Waals surface area contributed by atoms with E-state index in [9.17, 15) is 9.59 Å². The Kier molecular flexibility index (Phi) is 8.05. The van der Waals surface area contributed by atoms with Gasteiger partial charge in [0.1, 0.15) is 0 Å². The maximum Gasteiger partial charge on any atom is 0.323 e. The number of benzene rings is 1. The normalized spacial score (nSPS) is 21.8. The van der Waals surface area contributed by atoms with Crippen molar-refractivity contribution in [3.63, 3.8) is 0 Å². The molecule has 2 aliphatic rings. The molecule has 192 valence electrons. The summed E-state index contributed by atoms with van der Waals surface area (Å²) in [5.41, 5.74) is 3.26. The minimum absolute atomic E-state index is 0.0294. The first-order chi connectivity index (χ1) is 16.5. The van der Waals surface area contributed by atoms with Crippen molar-refractivity contribution in [1.82, 2.24) is 0 Å². The van der Waals surface area contributed by atoms with Gasteiger partial charge in [0.15, 0.2) is 5.41 Å². The molecule has 0 amide bonds. The van der Waals surface area contributed by atoms with Crippen molar-refractivity contribution in [2.75, 3.05) is 14.2 Å². The summed E-state index contributed by atoms with van der Waals surface area (Å²) >= 11 is 0. The monoisotopic (exact) mass is 498 g/mol. The second kappa shape index (κ2) is 10.3. The fourth-order valence-corrected chi connectivity index (χ4v) is 12.1. The van der Waals surface area contributed by atoms with Crippen LogP contribution in [0.2, 0.25) is 16.6 Å². The molecule has 0 unspecified atom stereocenters. The fourth-order valence-electron chi connectivity index (χ4n) is 6.71. The predicted octanol–water partition coefficient (Wildman–Crippen LogP) is 6.92. The van der Waals surface area contributed by atoms with Crippen molar-refractivity contribution in [2.45, 2.75) is 83.8 Å². The van der Waals surface area contributed by atoms with Gasteiger partial charge < -0.3 is 13.9 Å². The molecule has 1 fully saturated rings. The van der Waals surface area contributed by atoms with Gasteiger partial charge in [0, 0.05) is 11.8 Å². The Morgan fingerprint density at radius 1 is 0.914 bits per heavy atom. The lowest BCUT2D eigenvalue weighted by atomic mass is 9.80. The maximum absolute atomic E-state index is 13.0. The first-order valence-electron chi connectivity index (χ1n) is 12.8. The SMILES string of the molecule is COC(=O)C1(C(=O)OC)CC2=C[C@@H](c3ccccc3)C(C)=C(O[Si](C(C)C)(C(C)C)C(C)C)[C@@H]2C1. The van der Waals surface area contributed by atoms with E-state index in [2.05, 4.69) is 66.7 Å². The second-order valence-corrected chi connectivity index (χ2v) is 16.5. The van der Waals surface area contributed by atoms with Crippen LogP contribution in [0.3, 0.4) is 0 Å². The summed E-state index contributed by atoms with van der Waals surface area (Å²) in [5.74, 6) is -0.229. The number of carbonyl (C=O) groups excluding carboxylic acids is 2. The maximum atomic E-state index is 13.0. The molecule has 0 radical (unpaired) electrons. The Labute approximate surface area is 212 Å². The number of allylic oxidation sites excluding steroid dienone is 3. The molecule has 0 heterocycles. The highest BCUT2D eigenvalue weighted by Crippen LogP contribution is 2.56. The average Bonchev–Trinajstić information content (AvgIpc) is 3.22. The second-order valence-electron chi connectivity index (χ2n) is 11.1. The molecule has 0 N–H and O–H groups in total. The summed E-state index contributed by atoms with van der Waals surface area (Å²) in [5, 5.41) is 0. The number of rotatable bonds is 8. The molecule has 6 heteroatoms. The number of ether oxygens (including phenoxy) is 2. The molecule has 35 heavy (non-hydrogen) atoms. The summed E-state index contributed by atoms with van der Waals surface area (Å²) in [4.78, 5) is 26.1. The molecule has 0 aliphatic heterocycles. The lowest BCUT2D eigenvalue weighted by Crippen LogP contribution is -2.48. The van der Waals surface area contributed by atoms with Gasteiger partial charge >= 0.3 is 11.9 Å². The quantitative estimate of drug-likeness (QED) is 0.168. The van der Waals surface area contributed by atoms with E-state index in [1.165, 1.54) is 19.8 Å². The number of hydrogen-bond donors (Lipinski definition) is 0. The molecule has 2 aliphatic carbocycles. The van der Waals surface area contributed by atoms with Crippen molar-refractivity contribution < 1.29 is 23.5 Å². The van der Waals surface area contributed by atoms with E-state index in [0.29, 0.717) is 29.5 Å². The van der Waals surface area contributed by atoms with E-state index in [0.717, 1.165) is 16.9 Å². The summed E-state index contributed by atoms with van der Waals surface area (Å²) in [6, 6.07) is 10.4. The van der Waals surface area contributed by atoms with Crippen LogP contribution in [0.15, 0.2) is 53.3 Å². The molecule has 2 atom stereocenters. The molecule has 5 nitrogen and oxygen atoms in total. The van der Waals surface area contributed by atoms with Crippen molar-refractivity contribution in [2.24, 2.45) is 11.3 Å².